The van der Waals surface area contributed by atoms with Gasteiger partial charge in [-0.2, -0.15) is 5.10 Å². The summed E-state index contributed by atoms with van der Waals surface area (Å²) in [4.78, 5) is 15.5. The number of carbonyl (C=O) groups is 1. The van der Waals surface area contributed by atoms with Crippen LogP contribution in [0.4, 0.5) is 0 Å². The minimum atomic E-state index is -0.0460. The third-order valence-corrected chi connectivity index (χ3v) is 6.50. The van der Waals surface area contributed by atoms with E-state index in [1.165, 1.54) is 0 Å². The van der Waals surface area contributed by atoms with Gasteiger partial charge in [0.15, 0.2) is 0 Å². The Morgan fingerprint density at radius 2 is 1.76 bits per heavy atom. The number of carbonyl (C=O) groups excluding carboxylic acids is 1. The van der Waals surface area contributed by atoms with Crippen LogP contribution in [-0.4, -0.2) is 47.0 Å². The predicted molar refractivity (Wildman–Crippen MR) is 142 cm³/mol. The average Bonchev–Trinajstić information content (AvgIpc) is 3.57. The summed E-state index contributed by atoms with van der Waals surface area (Å²) >= 11 is 0. The molecule has 1 aliphatic heterocycles. The highest BCUT2D eigenvalue weighted by Crippen LogP contribution is 2.33. The van der Waals surface area contributed by atoms with Gasteiger partial charge in [0.25, 0.3) is 5.91 Å². The van der Waals surface area contributed by atoms with E-state index in [4.69, 9.17) is 19.3 Å². The van der Waals surface area contributed by atoms with Gasteiger partial charge >= 0.3 is 0 Å². The van der Waals surface area contributed by atoms with E-state index in [-0.39, 0.29) is 12.0 Å². The van der Waals surface area contributed by atoms with E-state index in [2.05, 4.69) is 0 Å². The van der Waals surface area contributed by atoms with Crippen LogP contribution in [0.2, 0.25) is 0 Å². The molecule has 37 heavy (non-hydrogen) atoms. The number of aryl methyl sites for hydroxylation is 1. The van der Waals surface area contributed by atoms with Crippen molar-refractivity contribution in [2.45, 2.75) is 32.4 Å². The first-order valence-electron chi connectivity index (χ1n) is 12.5. The summed E-state index contributed by atoms with van der Waals surface area (Å²) < 4.78 is 19.6. The number of hydrogen-bond donors (Lipinski definition) is 0. The highest BCUT2D eigenvalue weighted by Gasteiger charge is 2.28. The molecule has 190 valence electrons. The summed E-state index contributed by atoms with van der Waals surface area (Å²) in [5, 5.41) is 4.83. The van der Waals surface area contributed by atoms with Crippen molar-refractivity contribution < 1.29 is 19.0 Å². The van der Waals surface area contributed by atoms with Gasteiger partial charge in [-0.25, -0.2) is 4.68 Å². The molecule has 3 aromatic carbocycles. The van der Waals surface area contributed by atoms with Crippen LogP contribution >= 0.6 is 0 Å². The molecular formula is C30H31N3O4. The lowest BCUT2D eigenvalue weighted by Gasteiger charge is -2.26. The first-order chi connectivity index (χ1) is 18.1. The van der Waals surface area contributed by atoms with Crippen LogP contribution in [0.1, 0.15) is 34.5 Å². The molecule has 1 saturated heterocycles. The summed E-state index contributed by atoms with van der Waals surface area (Å²) in [6.07, 6.45) is 1.96. The van der Waals surface area contributed by atoms with Crippen molar-refractivity contribution in [1.82, 2.24) is 14.7 Å². The molecule has 1 aromatic heterocycles. The number of nitrogens with zero attached hydrogens (tertiary/aromatic N) is 3. The van der Waals surface area contributed by atoms with Crippen LogP contribution in [0.25, 0.3) is 5.69 Å². The zero-order valence-electron chi connectivity index (χ0n) is 21.2. The van der Waals surface area contributed by atoms with Crippen LogP contribution < -0.4 is 9.47 Å². The Balaban J connectivity index is 1.55. The maximum Gasteiger partial charge on any atom is 0.254 e. The van der Waals surface area contributed by atoms with E-state index < -0.39 is 0 Å². The summed E-state index contributed by atoms with van der Waals surface area (Å²) in [7, 11) is 1.63. The number of ether oxygens (including phenoxy) is 3. The van der Waals surface area contributed by atoms with Crippen molar-refractivity contribution in [2.24, 2.45) is 0 Å². The molecule has 0 bridgehead atoms. The Hall–Kier alpha value is -4.10. The lowest BCUT2D eigenvalue weighted by molar-refractivity contribution is 0.0505. The highest BCUT2D eigenvalue weighted by atomic mass is 16.5. The quantitative estimate of drug-likeness (QED) is 0.292. The molecule has 7 nitrogen and oxygen atoms in total. The standard InChI is InChI=1S/C30H31N3O4/c1-22-28(21-32(20-27-17-10-18-36-27)29(34)23-11-5-3-6-12-23)30(33(31-22)24-13-7-4-8-14-24)37-26-16-9-15-25(19-26)35-2/h3-9,11-16,19,27H,10,17-18,20-21H2,1-2H3/t27-/m1/s1. The van der Waals surface area contributed by atoms with Gasteiger partial charge in [0.05, 0.1) is 36.7 Å². The largest absolute Gasteiger partial charge is 0.497 e. The average molecular weight is 498 g/mol. The van der Waals surface area contributed by atoms with Gasteiger partial charge < -0.3 is 19.1 Å². The van der Waals surface area contributed by atoms with Crippen LogP contribution in [-0.2, 0) is 11.3 Å². The number of benzene rings is 3. The second-order valence-corrected chi connectivity index (χ2v) is 9.08. The van der Waals surface area contributed by atoms with Gasteiger partial charge in [-0.1, -0.05) is 42.5 Å². The number of rotatable bonds is 9. The van der Waals surface area contributed by atoms with E-state index in [9.17, 15) is 4.79 Å². The van der Waals surface area contributed by atoms with E-state index in [0.29, 0.717) is 36.0 Å². The summed E-state index contributed by atoms with van der Waals surface area (Å²) in [5.74, 6) is 1.84. The highest BCUT2D eigenvalue weighted by molar-refractivity contribution is 5.94. The molecule has 4 aromatic rings. The van der Waals surface area contributed by atoms with Gasteiger partial charge in [-0.15, -0.1) is 0 Å². The molecule has 2 heterocycles. The molecule has 1 aliphatic rings. The van der Waals surface area contributed by atoms with Crippen molar-refractivity contribution in [2.75, 3.05) is 20.3 Å². The zero-order valence-corrected chi connectivity index (χ0v) is 21.2. The Bertz CT molecular complexity index is 1330. The Morgan fingerprint density at radius 1 is 1.03 bits per heavy atom. The van der Waals surface area contributed by atoms with Crippen LogP contribution in [0.5, 0.6) is 17.4 Å². The summed E-state index contributed by atoms with van der Waals surface area (Å²) in [6.45, 7) is 3.52. The summed E-state index contributed by atoms with van der Waals surface area (Å²) in [6, 6.07) is 26.7. The maximum absolute atomic E-state index is 13.7. The lowest BCUT2D eigenvalue weighted by Crippen LogP contribution is -2.37. The maximum atomic E-state index is 13.7. The SMILES string of the molecule is COc1cccc(Oc2c(CN(C[C@H]3CCCO3)C(=O)c3ccccc3)c(C)nn2-c2ccccc2)c1. The fourth-order valence-corrected chi connectivity index (χ4v) is 4.55. The Kier molecular flexibility index (Phi) is 7.51. The third kappa shape index (κ3) is 5.67. The molecule has 0 unspecified atom stereocenters. The van der Waals surface area contributed by atoms with Gasteiger partial charge in [0.2, 0.25) is 5.88 Å². The van der Waals surface area contributed by atoms with Gasteiger partial charge in [-0.05, 0) is 56.2 Å². The fourth-order valence-electron chi connectivity index (χ4n) is 4.55. The minimum Gasteiger partial charge on any atom is -0.497 e. The number of hydrogen-bond acceptors (Lipinski definition) is 5. The fraction of sp³-hybridized carbons (Fsp3) is 0.267. The molecule has 7 heteroatoms. The van der Waals surface area contributed by atoms with Crippen molar-refractivity contribution in [3.63, 3.8) is 0 Å². The molecule has 1 fully saturated rings. The first-order valence-corrected chi connectivity index (χ1v) is 12.5. The monoisotopic (exact) mass is 497 g/mol. The Morgan fingerprint density at radius 3 is 2.46 bits per heavy atom. The third-order valence-electron chi connectivity index (χ3n) is 6.50. The molecule has 0 N–H and O–H groups in total. The molecule has 1 amide bonds. The van der Waals surface area contributed by atoms with Crippen molar-refractivity contribution in [3.8, 4) is 23.1 Å². The summed E-state index contributed by atoms with van der Waals surface area (Å²) in [5.41, 5.74) is 3.15. The first kappa shape index (κ1) is 24.6. The van der Waals surface area contributed by atoms with Crippen LogP contribution in [0, 0.1) is 6.92 Å². The molecule has 0 radical (unpaired) electrons. The molecule has 0 spiro atoms. The molecule has 0 aliphatic carbocycles. The normalized spacial score (nSPS) is 14.9. The number of amides is 1. The number of methoxy groups -OCH3 is 1. The molecule has 1 atom stereocenters. The number of para-hydroxylation sites is 1. The number of aromatic nitrogens is 2. The topological polar surface area (TPSA) is 65.8 Å². The second kappa shape index (κ2) is 11.3. The smallest absolute Gasteiger partial charge is 0.254 e. The van der Waals surface area contributed by atoms with Gasteiger partial charge in [0, 0.05) is 24.8 Å². The van der Waals surface area contributed by atoms with E-state index in [1.54, 1.807) is 11.8 Å². The lowest BCUT2D eigenvalue weighted by atomic mass is 10.1. The van der Waals surface area contributed by atoms with Crippen LogP contribution in [0.15, 0.2) is 84.9 Å². The van der Waals surface area contributed by atoms with Gasteiger partial charge in [-0.3, -0.25) is 4.79 Å². The zero-order chi connectivity index (χ0) is 25.6. The van der Waals surface area contributed by atoms with Crippen LogP contribution in [0.3, 0.4) is 0 Å². The molecule has 5 rings (SSSR count). The second-order valence-electron chi connectivity index (χ2n) is 9.08. The van der Waals surface area contributed by atoms with E-state index >= 15 is 0 Å². The van der Waals surface area contributed by atoms with E-state index in [1.807, 2.05) is 96.8 Å². The van der Waals surface area contributed by atoms with E-state index in [0.717, 1.165) is 36.4 Å². The minimum absolute atomic E-state index is 0.0138. The predicted octanol–water partition coefficient (Wildman–Crippen LogP) is 5.80. The molecular weight excluding hydrogens is 466 g/mol. The van der Waals surface area contributed by atoms with Crippen molar-refractivity contribution in [1.29, 1.82) is 0 Å². The Labute approximate surface area is 217 Å². The van der Waals surface area contributed by atoms with Crippen molar-refractivity contribution in [3.05, 3.63) is 102 Å². The van der Waals surface area contributed by atoms with Gasteiger partial charge in [0.1, 0.15) is 11.5 Å². The molecule has 0 saturated carbocycles. The van der Waals surface area contributed by atoms with Crippen molar-refractivity contribution >= 4 is 5.91 Å².